The van der Waals surface area contributed by atoms with Crippen LogP contribution in [0.25, 0.3) is 22.3 Å². The summed E-state index contributed by atoms with van der Waals surface area (Å²) in [5.41, 5.74) is 2.54. The SMILES string of the molecule is Cc1[nH]nc2nc(-c3ccc(O)c(F)c3)cc(C(=O)NCC3CN4CCC3CC4)c12. The first-order valence-electron chi connectivity index (χ1n) is 10.3. The molecule has 3 aliphatic heterocycles. The molecule has 0 saturated carbocycles. The number of piperidine rings is 3. The highest BCUT2D eigenvalue weighted by atomic mass is 19.1. The van der Waals surface area contributed by atoms with Crippen LogP contribution in [-0.4, -0.2) is 57.3 Å². The molecular formula is C22H24FN5O2. The van der Waals surface area contributed by atoms with E-state index in [1.54, 1.807) is 12.1 Å². The Balaban J connectivity index is 1.45. The molecule has 5 heterocycles. The number of carbonyl (C=O) groups is 1. The van der Waals surface area contributed by atoms with Gasteiger partial charge in [-0.2, -0.15) is 5.10 Å². The number of aromatic amines is 1. The van der Waals surface area contributed by atoms with Crippen LogP contribution in [0.3, 0.4) is 0 Å². The molecule has 1 aromatic carbocycles. The first kappa shape index (κ1) is 19.0. The van der Waals surface area contributed by atoms with E-state index in [0.717, 1.165) is 12.2 Å². The molecule has 3 saturated heterocycles. The Morgan fingerprint density at radius 3 is 2.83 bits per heavy atom. The maximum absolute atomic E-state index is 13.9. The van der Waals surface area contributed by atoms with Gasteiger partial charge in [-0.05, 0) is 69.0 Å². The van der Waals surface area contributed by atoms with Gasteiger partial charge < -0.3 is 15.3 Å². The number of hydrogen-bond donors (Lipinski definition) is 3. The van der Waals surface area contributed by atoms with E-state index in [2.05, 4.69) is 25.4 Å². The van der Waals surface area contributed by atoms with E-state index >= 15 is 0 Å². The summed E-state index contributed by atoms with van der Waals surface area (Å²) < 4.78 is 13.9. The summed E-state index contributed by atoms with van der Waals surface area (Å²) in [5.74, 6) is -0.181. The normalized spacial score (nSPS) is 23.1. The number of fused-ring (bicyclic) bond motifs is 4. The molecule has 2 aromatic heterocycles. The number of phenols is 1. The zero-order chi connectivity index (χ0) is 20.8. The minimum absolute atomic E-state index is 0.177. The Hall–Kier alpha value is -3.00. The average molecular weight is 409 g/mol. The molecule has 1 atom stereocenters. The lowest BCUT2D eigenvalue weighted by Crippen LogP contribution is -2.50. The summed E-state index contributed by atoms with van der Waals surface area (Å²) in [5, 5.41) is 20.3. The van der Waals surface area contributed by atoms with Crippen LogP contribution in [-0.2, 0) is 0 Å². The smallest absolute Gasteiger partial charge is 0.252 e. The fourth-order valence-electron chi connectivity index (χ4n) is 4.81. The predicted octanol–water partition coefficient (Wildman–Crippen LogP) is 2.85. The summed E-state index contributed by atoms with van der Waals surface area (Å²) in [6.07, 6.45) is 2.41. The third-order valence-electron chi connectivity index (χ3n) is 6.51. The Morgan fingerprint density at radius 1 is 1.33 bits per heavy atom. The number of pyridine rings is 1. The first-order valence-corrected chi connectivity index (χ1v) is 10.3. The fraction of sp³-hybridized carbons (Fsp3) is 0.409. The quantitative estimate of drug-likeness (QED) is 0.616. The Morgan fingerprint density at radius 2 is 2.13 bits per heavy atom. The fourth-order valence-corrected chi connectivity index (χ4v) is 4.81. The van der Waals surface area contributed by atoms with Crippen LogP contribution in [0.5, 0.6) is 5.75 Å². The molecule has 7 nitrogen and oxygen atoms in total. The van der Waals surface area contributed by atoms with Crippen LogP contribution < -0.4 is 5.32 Å². The molecule has 8 heteroatoms. The molecule has 3 aromatic rings. The van der Waals surface area contributed by atoms with E-state index in [1.807, 2.05) is 6.92 Å². The van der Waals surface area contributed by atoms with Crippen molar-refractivity contribution < 1.29 is 14.3 Å². The highest BCUT2D eigenvalue weighted by Crippen LogP contribution is 2.32. The predicted molar refractivity (Wildman–Crippen MR) is 111 cm³/mol. The van der Waals surface area contributed by atoms with Gasteiger partial charge in [0, 0.05) is 24.3 Å². The molecule has 3 N–H and O–H groups in total. The largest absolute Gasteiger partial charge is 0.505 e. The number of aromatic hydroxyl groups is 1. The number of phenolic OH excluding ortho intramolecular Hbond substituents is 1. The number of nitrogens with one attached hydrogen (secondary N) is 2. The van der Waals surface area contributed by atoms with Gasteiger partial charge in [-0.1, -0.05) is 0 Å². The molecule has 3 fully saturated rings. The molecule has 3 aliphatic rings. The standard InChI is InChI=1S/C22H24FN5O2/c1-12-20-16(22(30)24-10-15-11-28-6-4-13(15)5-7-28)9-18(25-21(20)27-26-12)14-2-3-19(29)17(23)8-14/h2-3,8-9,13,15,29H,4-7,10-11H2,1H3,(H,24,30)(H,25,26,27). The van der Waals surface area contributed by atoms with E-state index in [9.17, 15) is 14.3 Å². The Bertz CT molecular complexity index is 1120. The summed E-state index contributed by atoms with van der Waals surface area (Å²) in [7, 11) is 0. The number of halogens is 1. The van der Waals surface area contributed by atoms with Crippen molar-refractivity contribution in [2.24, 2.45) is 11.8 Å². The van der Waals surface area contributed by atoms with Crippen molar-refractivity contribution in [3.63, 3.8) is 0 Å². The van der Waals surface area contributed by atoms with Crippen LogP contribution >= 0.6 is 0 Å². The third-order valence-corrected chi connectivity index (χ3v) is 6.51. The van der Waals surface area contributed by atoms with Crippen molar-refractivity contribution in [1.82, 2.24) is 25.4 Å². The van der Waals surface area contributed by atoms with Crippen LogP contribution in [0.15, 0.2) is 24.3 Å². The van der Waals surface area contributed by atoms with Gasteiger partial charge in [-0.3, -0.25) is 9.89 Å². The zero-order valence-electron chi connectivity index (χ0n) is 16.8. The van der Waals surface area contributed by atoms with Gasteiger partial charge in [0.25, 0.3) is 5.91 Å². The van der Waals surface area contributed by atoms with Crippen molar-refractivity contribution in [3.05, 3.63) is 41.3 Å². The number of benzene rings is 1. The molecule has 156 valence electrons. The number of H-pyrrole nitrogens is 1. The van der Waals surface area contributed by atoms with E-state index in [1.165, 1.54) is 38.1 Å². The highest BCUT2D eigenvalue weighted by Gasteiger charge is 2.34. The number of nitrogens with zero attached hydrogens (tertiary/aromatic N) is 3. The van der Waals surface area contributed by atoms with Gasteiger partial charge in [-0.15, -0.1) is 0 Å². The van der Waals surface area contributed by atoms with Crippen molar-refractivity contribution in [1.29, 1.82) is 0 Å². The Labute approximate surface area is 173 Å². The second-order valence-electron chi connectivity index (χ2n) is 8.38. The number of hydrogen-bond acceptors (Lipinski definition) is 5. The topological polar surface area (TPSA) is 94.1 Å². The van der Waals surface area contributed by atoms with E-state index < -0.39 is 11.6 Å². The molecular weight excluding hydrogens is 385 g/mol. The lowest BCUT2D eigenvalue weighted by molar-refractivity contribution is 0.0496. The summed E-state index contributed by atoms with van der Waals surface area (Å²) in [4.78, 5) is 20.1. The van der Waals surface area contributed by atoms with Crippen molar-refractivity contribution in [2.45, 2.75) is 19.8 Å². The minimum atomic E-state index is -0.735. The molecule has 2 bridgehead atoms. The van der Waals surface area contributed by atoms with E-state index in [4.69, 9.17) is 0 Å². The number of rotatable bonds is 4. The van der Waals surface area contributed by atoms with Crippen LogP contribution in [0.2, 0.25) is 0 Å². The zero-order valence-corrected chi connectivity index (χ0v) is 16.8. The molecule has 1 unspecified atom stereocenters. The van der Waals surface area contributed by atoms with Crippen molar-refractivity contribution >= 4 is 16.9 Å². The van der Waals surface area contributed by atoms with Gasteiger partial charge in [0.15, 0.2) is 17.2 Å². The van der Waals surface area contributed by atoms with Crippen LogP contribution in [0.4, 0.5) is 4.39 Å². The van der Waals surface area contributed by atoms with Gasteiger partial charge in [0.2, 0.25) is 0 Å². The van der Waals surface area contributed by atoms with E-state index in [0.29, 0.717) is 46.2 Å². The second kappa shape index (κ2) is 7.36. The van der Waals surface area contributed by atoms with Crippen LogP contribution in [0.1, 0.15) is 28.9 Å². The summed E-state index contributed by atoms with van der Waals surface area (Å²) in [6.45, 7) is 5.87. The lowest BCUT2D eigenvalue weighted by Gasteiger charge is -2.44. The number of aryl methyl sites for hydroxylation is 1. The minimum Gasteiger partial charge on any atom is -0.505 e. The number of amides is 1. The lowest BCUT2D eigenvalue weighted by atomic mass is 9.79. The summed E-state index contributed by atoms with van der Waals surface area (Å²) >= 11 is 0. The molecule has 30 heavy (non-hydrogen) atoms. The molecule has 0 radical (unpaired) electrons. The summed E-state index contributed by atoms with van der Waals surface area (Å²) in [6, 6.07) is 5.72. The maximum Gasteiger partial charge on any atom is 0.252 e. The molecule has 6 rings (SSSR count). The Kier molecular flexibility index (Phi) is 4.66. The van der Waals surface area contributed by atoms with E-state index in [-0.39, 0.29) is 5.91 Å². The average Bonchev–Trinajstić information content (AvgIpc) is 3.15. The van der Waals surface area contributed by atoms with Gasteiger partial charge >= 0.3 is 0 Å². The first-order chi connectivity index (χ1) is 14.5. The third kappa shape index (κ3) is 3.31. The van der Waals surface area contributed by atoms with Gasteiger partial charge in [0.1, 0.15) is 0 Å². The monoisotopic (exact) mass is 409 g/mol. The maximum atomic E-state index is 13.9. The molecule has 0 aliphatic carbocycles. The van der Waals surface area contributed by atoms with Gasteiger partial charge in [-0.25, -0.2) is 9.37 Å². The second-order valence-corrected chi connectivity index (χ2v) is 8.38. The number of carbonyl (C=O) groups excluding carboxylic acids is 1. The molecule has 1 amide bonds. The number of aromatic nitrogens is 3. The van der Waals surface area contributed by atoms with Crippen molar-refractivity contribution in [2.75, 3.05) is 26.2 Å². The van der Waals surface area contributed by atoms with Crippen molar-refractivity contribution in [3.8, 4) is 17.0 Å². The highest BCUT2D eigenvalue weighted by molar-refractivity contribution is 6.07. The van der Waals surface area contributed by atoms with Gasteiger partial charge in [0.05, 0.1) is 16.6 Å². The molecule has 0 spiro atoms. The van der Waals surface area contributed by atoms with Crippen LogP contribution in [0, 0.1) is 24.6 Å².